The van der Waals surface area contributed by atoms with E-state index in [-0.39, 0.29) is 11.1 Å². The minimum atomic E-state index is -1.03. The number of carboxylic acid groups (broad SMARTS) is 1. The van der Waals surface area contributed by atoms with Crippen molar-refractivity contribution in [3.63, 3.8) is 0 Å². The molecule has 0 aliphatic heterocycles. The molecule has 100 valence electrons. The molecule has 0 spiro atoms. The summed E-state index contributed by atoms with van der Waals surface area (Å²) in [6.45, 7) is 0. The highest BCUT2D eigenvalue weighted by Gasteiger charge is 2.17. The topological polar surface area (TPSA) is 55.1 Å². The van der Waals surface area contributed by atoms with Crippen LogP contribution in [-0.2, 0) is 7.05 Å². The molecular formula is C15H11FN2O2. The molecule has 0 radical (unpaired) electrons. The minimum absolute atomic E-state index is 0.145. The van der Waals surface area contributed by atoms with E-state index in [9.17, 15) is 14.3 Å². The van der Waals surface area contributed by atoms with Crippen molar-refractivity contribution in [1.29, 1.82) is 0 Å². The van der Waals surface area contributed by atoms with Crippen molar-refractivity contribution in [3.05, 3.63) is 53.8 Å². The van der Waals surface area contributed by atoms with Crippen LogP contribution in [0.1, 0.15) is 10.4 Å². The van der Waals surface area contributed by atoms with Gasteiger partial charge in [0.15, 0.2) is 5.82 Å². The largest absolute Gasteiger partial charge is 0.478 e. The van der Waals surface area contributed by atoms with Crippen molar-refractivity contribution in [2.45, 2.75) is 0 Å². The summed E-state index contributed by atoms with van der Waals surface area (Å²) < 4.78 is 15.5. The number of benzene rings is 2. The molecule has 0 aliphatic carbocycles. The average Bonchev–Trinajstić information content (AvgIpc) is 2.78. The van der Waals surface area contributed by atoms with Gasteiger partial charge in [0, 0.05) is 12.6 Å². The van der Waals surface area contributed by atoms with Gasteiger partial charge in [0.05, 0.1) is 11.1 Å². The Morgan fingerprint density at radius 1 is 1.20 bits per heavy atom. The molecule has 20 heavy (non-hydrogen) atoms. The van der Waals surface area contributed by atoms with Crippen LogP contribution in [0.5, 0.6) is 0 Å². The first kappa shape index (κ1) is 12.3. The number of carboxylic acids is 1. The highest BCUT2D eigenvalue weighted by Crippen LogP contribution is 2.27. The first-order valence-electron chi connectivity index (χ1n) is 6.03. The highest BCUT2D eigenvalue weighted by atomic mass is 19.1. The fraction of sp³-hybridized carbons (Fsp3) is 0.0667. The molecule has 0 bridgehead atoms. The fourth-order valence-electron chi connectivity index (χ4n) is 2.29. The molecular weight excluding hydrogens is 259 g/mol. The van der Waals surface area contributed by atoms with Gasteiger partial charge in [-0.3, -0.25) is 0 Å². The maximum absolute atomic E-state index is 13.8. The quantitative estimate of drug-likeness (QED) is 0.778. The number of aromatic carboxylic acids is 1. The van der Waals surface area contributed by atoms with Gasteiger partial charge in [-0.15, -0.1) is 0 Å². The smallest absolute Gasteiger partial charge is 0.336 e. The van der Waals surface area contributed by atoms with Crippen molar-refractivity contribution >= 4 is 17.0 Å². The third-order valence-electron chi connectivity index (χ3n) is 3.26. The molecule has 0 saturated carbocycles. The summed E-state index contributed by atoms with van der Waals surface area (Å²) >= 11 is 0. The van der Waals surface area contributed by atoms with Gasteiger partial charge >= 0.3 is 5.97 Å². The lowest BCUT2D eigenvalue weighted by Crippen LogP contribution is -2.02. The predicted molar refractivity (Wildman–Crippen MR) is 73.1 cm³/mol. The highest BCUT2D eigenvalue weighted by molar-refractivity contribution is 5.96. The van der Waals surface area contributed by atoms with E-state index in [2.05, 4.69) is 4.98 Å². The minimum Gasteiger partial charge on any atom is -0.478 e. The third kappa shape index (κ3) is 1.75. The van der Waals surface area contributed by atoms with E-state index in [1.807, 2.05) is 0 Å². The Bertz CT molecular complexity index is 824. The van der Waals surface area contributed by atoms with Crippen LogP contribution in [0.2, 0.25) is 0 Å². The molecule has 3 rings (SSSR count). The van der Waals surface area contributed by atoms with Crippen molar-refractivity contribution < 1.29 is 14.3 Å². The van der Waals surface area contributed by atoms with Crippen LogP contribution in [0, 0.1) is 5.82 Å². The Kier molecular flexibility index (Phi) is 2.75. The number of para-hydroxylation sites is 1. The molecule has 1 aromatic heterocycles. The van der Waals surface area contributed by atoms with Crippen LogP contribution in [0.25, 0.3) is 22.4 Å². The zero-order chi connectivity index (χ0) is 14.3. The maximum atomic E-state index is 13.8. The molecule has 4 nitrogen and oxygen atoms in total. The first-order valence-corrected chi connectivity index (χ1v) is 6.03. The Morgan fingerprint density at radius 3 is 2.65 bits per heavy atom. The third-order valence-corrected chi connectivity index (χ3v) is 3.26. The van der Waals surface area contributed by atoms with Gasteiger partial charge in [-0.1, -0.05) is 24.3 Å². The number of hydrogen-bond donors (Lipinski definition) is 1. The summed E-state index contributed by atoms with van der Waals surface area (Å²) in [5.74, 6) is -1.02. The second-order valence-corrected chi connectivity index (χ2v) is 4.45. The summed E-state index contributed by atoms with van der Waals surface area (Å²) in [6.07, 6.45) is 0. The number of halogens is 1. The van der Waals surface area contributed by atoms with Crippen LogP contribution in [0.4, 0.5) is 4.39 Å². The van der Waals surface area contributed by atoms with Gasteiger partial charge in [0.25, 0.3) is 0 Å². The monoisotopic (exact) mass is 270 g/mol. The van der Waals surface area contributed by atoms with Crippen LogP contribution in [-0.4, -0.2) is 20.6 Å². The fourth-order valence-corrected chi connectivity index (χ4v) is 2.29. The van der Waals surface area contributed by atoms with Crippen molar-refractivity contribution in [3.8, 4) is 11.4 Å². The van der Waals surface area contributed by atoms with E-state index in [1.165, 1.54) is 12.1 Å². The van der Waals surface area contributed by atoms with Gasteiger partial charge in [-0.05, 0) is 18.2 Å². The average molecular weight is 270 g/mol. The molecule has 0 amide bonds. The Morgan fingerprint density at radius 2 is 1.95 bits per heavy atom. The summed E-state index contributed by atoms with van der Waals surface area (Å²) in [5.41, 5.74) is 1.48. The molecule has 5 heteroatoms. The zero-order valence-corrected chi connectivity index (χ0v) is 10.7. The summed E-state index contributed by atoms with van der Waals surface area (Å²) in [6, 6.07) is 11.2. The van der Waals surface area contributed by atoms with Gasteiger partial charge < -0.3 is 9.67 Å². The Labute approximate surface area is 114 Å². The van der Waals surface area contributed by atoms with E-state index < -0.39 is 11.8 Å². The maximum Gasteiger partial charge on any atom is 0.336 e. The molecule has 2 aromatic carbocycles. The van der Waals surface area contributed by atoms with E-state index >= 15 is 0 Å². The lowest BCUT2D eigenvalue weighted by atomic mass is 10.1. The Balaban J connectivity index is 2.34. The zero-order valence-electron chi connectivity index (χ0n) is 10.7. The summed E-state index contributed by atoms with van der Waals surface area (Å²) in [4.78, 5) is 15.5. The van der Waals surface area contributed by atoms with E-state index in [4.69, 9.17) is 0 Å². The molecule has 0 saturated heterocycles. The van der Waals surface area contributed by atoms with Crippen LogP contribution < -0.4 is 0 Å². The SMILES string of the molecule is Cn1c(-c2ccccc2C(=O)O)nc2c(F)cccc21. The second kappa shape index (κ2) is 4.45. The van der Waals surface area contributed by atoms with Gasteiger partial charge in [-0.2, -0.15) is 0 Å². The number of aryl methyl sites for hydroxylation is 1. The van der Waals surface area contributed by atoms with Gasteiger partial charge in [0.2, 0.25) is 0 Å². The predicted octanol–water partition coefficient (Wildman–Crippen LogP) is 3.08. The van der Waals surface area contributed by atoms with Crippen LogP contribution in [0.3, 0.4) is 0 Å². The summed E-state index contributed by atoms with van der Waals surface area (Å²) in [7, 11) is 1.74. The summed E-state index contributed by atoms with van der Waals surface area (Å²) in [5, 5.41) is 9.24. The van der Waals surface area contributed by atoms with E-state index in [0.717, 1.165) is 0 Å². The normalized spacial score (nSPS) is 10.9. The molecule has 0 atom stereocenters. The number of hydrogen-bond acceptors (Lipinski definition) is 2. The lowest BCUT2D eigenvalue weighted by Gasteiger charge is -2.05. The molecule has 1 heterocycles. The Hall–Kier alpha value is -2.69. The van der Waals surface area contributed by atoms with E-state index in [0.29, 0.717) is 16.9 Å². The number of nitrogens with zero attached hydrogens (tertiary/aromatic N) is 2. The van der Waals surface area contributed by atoms with Crippen LogP contribution >= 0.6 is 0 Å². The molecule has 0 fully saturated rings. The van der Waals surface area contributed by atoms with Crippen molar-refractivity contribution in [2.24, 2.45) is 7.05 Å². The number of imidazole rings is 1. The van der Waals surface area contributed by atoms with Gasteiger partial charge in [-0.25, -0.2) is 14.2 Å². The molecule has 0 aliphatic rings. The number of rotatable bonds is 2. The standard InChI is InChI=1S/C15H11FN2O2/c1-18-12-8-4-7-11(16)13(12)17-14(18)9-5-2-3-6-10(9)15(19)20/h2-8H,1H3,(H,19,20). The first-order chi connectivity index (χ1) is 9.59. The van der Waals surface area contributed by atoms with Crippen molar-refractivity contribution in [1.82, 2.24) is 9.55 Å². The molecule has 0 unspecified atom stereocenters. The molecule has 1 N–H and O–H groups in total. The second-order valence-electron chi connectivity index (χ2n) is 4.45. The number of aromatic nitrogens is 2. The molecule has 3 aromatic rings. The van der Waals surface area contributed by atoms with Crippen molar-refractivity contribution in [2.75, 3.05) is 0 Å². The van der Waals surface area contributed by atoms with E-state index in [1.54, 1.807) is 41.9 Å². The van der Waals surface area contributed by atoms with Crippen LogP contribution in [0.15, 0.2) is 42.5 Å². The number of carbonyl (C=O) groups is 1. The number of fused-ring (bicyclic) bond motifs is 1. The lowest BCUT2D eigenvalue weighted by molar-refractivity contribution is 0.0697. The van der Waals surface area contributed by atoms with Gasteiger partial charge in [0.1, 0.15) is 11.3 Å².